The third kappa shape index (κ3) is 3.94. The molecule has 0 aliphatic rings. The normalized spacial score (nSPS) is 10.8. The molecule has 0 saturated carbocycles. The molecule has 2 heterocycles. The molecule has 0 atom stereocenters. The van der Waals surface area contributed by atoms with Gasteiger partial charge in [0.15, 0.2) is 5.13 Å². The van der Waals surface area contributed by atoms with Crippen molar-refractivity contribution in [2.75, 3.05) is 11.1 Å². The SMILES string of the molecule is CC(C)Nc1nc(N)c(C(=O)NCc2cc(Br)cs2)s1. The predicted octanol–water partition coefficient (Wildman–Crippen LogP) is 3.30. The molecular weight excluding hydrogens is 360 g/mol. The van der Waals surface area contributed by atoms with E-state index in [-0.39, 0.29) is 17.8 Å². The zero-order chi connectivity index (χ0) is 14.7. The summed E-state index contributed by atoms with van der Waals surface area (Å²) < 4.78 is 1.02. The highest BCUT2D eigenvalue weighted by atomic mass is 79.9. The second-order valence-corrected chi connectivity index (χ2v) is 7.36. The number of carbonyl (C=O) groups is 1. The topological polar surface area (TPSA) is 80.0 Å². The lowest BCUT2D eigenvalue weighted by Gasteiger charge is -2.04. The number of anilines is 2. The zero-order valence-electron chi connectivity index (χ0n) is 11.1. The average Bonchev–Trinajstić information content (AvgIpc) is 2.92. The lowest BCUT2D eigenvalue weighted by Crippen LogP contribution is -2.22. The first-order chi connectivity index (χ1) is 9.45. The molecular formula is C12H15BrN4OS2. The third-order valence-electron chi connectivity index (χ3n) is 2.32. The number of carbonyl (C=O) groups excluding carboxylic acids is 1. The molecule has 2 rings (SSSR count). The molecule has 0 aliphatic carbocycles. The molecule has 8 heteroatoms. The first kappa shape index (κ1) is 15.3. The maximum atomic E-state index is 12.1. The number of thiophene rings is 1. The summed E-state index contributed by atoms with van der Waals surface area (Å²) in [6, 6.07) is 2.23. The Balaban J connectivity index is 2.00. The van der Waals surface area contributed by atoms with Gasteiger partial charge in [-0.25, -0.2) is 4.98 Å². The van der Waals surface area contributed by atoms with Gasteiger partial charge in [0, 0.05) is 20.8 Å². The van der Waals surface area contributed by atoms with E-state index in [1.165, 1.54) is 11.3 Å². The number of nitrogens with one attached hydrogen (secondary N) is 2. The monoisotopic (exact) mass is 374 g/mol. The van der Waals surface area contributed by atoms with Gasteiger partial charge in [-0.15, -0.1) is 11.3 Å². The van der Waals surface area contributed by atoms with Gasteiger partial charge in [0.25, 0.3) is 5.91 Å². The molecule has 0 radical (unpaired) electrons. The van der Waals surface area contributed by atoms with Crippen molar-refractivity contribution >= 4 is 55.5 Å². The second-order valence-electron chi connectivity index (χ2n) is 4.45. The Labute approximate surface area is 133 Å². The summed E-state index contributed by atoms with van der Waals surface area (Å²) in [6.45, 7) is 4.50. The van der Waals surface area contributed by atoms with Crippen LogP contribution < -0.4 is 16.4 Å². The molecule has 108 valence electrons. The number of rotatable bonds is 5. The van der Waals surface area contributed by atoms with E-state index in [0.717, 1.165) is 9.35 Å². The Bertz CT molecular complexity index is 608. The molecule has 0 unspecified atom stereocenters. The Kier molecular flexibility index (Phi) is 5.00. The highest BCUT2D eigenvalue weighted by molar-refractivity contribution is 9.10. The zero-order valence-corrected chi connectivity index (χ0v) is 14.3. The third-order valence-corrected chi connectivity index (χ3v) is 5.02. The number of nitrogens with two attached hydrogens (primary N) is 1. The molecule has 2 aromatic heterocycles. The van der Waals surface area contributed by atoms with Crippen molar-refractivity contribution in [1.29, 1.82) is 0 Å². The fraction of sp³-hybridized carbons (Fsp3) is 0.333. The summed E-state index contributed by atoms with van der Waals surface area (Å²) in [6.07, 6.45) is 0. The number of thiazole rings is 1. The summed E-state index contributed by atoms with van der Waals surface area (Å²) in [5.74, 6) is 0.0735. The average molecular weight is 375 g/mol. The van der Waals surface area contributed by atoms with E-state index in [1.807, 2.05) is 25.3 Å². The first-order valence-electron chi connectivity index (χ1n) is 5.99. The maximum Gasteiger partial charge on any atom is 0.265 e. The van der Waals surface area contributed by atoms with Gasteiger partial charge in [0.2, 0.25) is 0 Å². The summed E-state index contributed by atoms with van der Waals surface area (Å²) in [5, 5.41) is 8.64. The van der Waals surface area contributed by atoms with E-state index in [0.29, 0.717) is 16.6 Å². The molecule has 0 fully saturated rings. The van der Waals surface area contributed by atoms with Crippen molar-refractivity contribution < 1.29 is 4.79 Å². The van der Waals surface area contributed by atoms with Crippen LogP contribution in [0.2, 0.25) is 0 Å². The minimum atomic E-state index is -0.193. The van der Waals surface area contributed by atoms with Crippen LogP contribution in [0, 0.1) is 0 Å². The van der Waals surface area contributed by atoms with Crippen LogP contribution in [0.4, 0.5) is 10.9 Å². The standard InChI is InChI=1S/C12H15BrN4OS2/c1-6(2)16-12-17-10(14)9(20-12)11(18)15-4-8-3-7(13)5-19-8/h3,5-6H,4,14H2,1-2H3,(H,15,18)(H,16,17). The largest absolute Gasteiger partial charge is 0.382 e. The molecule has 0 spiro atoms. The number of halogens is 1. The number of nitrogens with zero attached hydrogens (tertiary/aromatic N) is 1. The smallest absolute Gasteiger partial charge is 0.265 e. The number of nitrogen functional groups attached to an aromatic ring is 1. The van der Waals surface area contributed by atoms with Crippen LogP contribution in [0.5, 0.6) is 0 Å². The van der Waals surface area contributed by atoms with Gasteiger partial charge in [-0.3, -0.25) is 4.79 Å². The molecule has 20 heavy (non-hydrogen) atoms. The molecule has 0 bridgehead atoms. The molecule has 2 aromatic rings. The van der Waals surface area contributed by atoms with Crippen LogP contribution >= 0.6 is 38.6 Å². The van der Waals surface area contributed by atoms with Crippen LogP contribution in [0.15, 0.2) is 15.9 Å². The van der Waals surface area contributed by atoms with Crippen LogP contribution in [0.25, 0.3) is 0 Å². The minimum absolute atomic E-state index is 0.193. The van der Waals surface area contributed by atoms with Crippen LogP contribution in [-0.4, -0.2) is 16.9 Å². The molecule has 1 amide bonds. The van der Waals surface area contributed by atoms with Crippen molar-refractivity contribution in [3.8, 4) is 0 Å². The number of amides is 1. The fourth-order valence-electron chi connectivity index (χ4n) is 1.50. The number of hydrogen-bond donors (Lipinski definition) is 3. The molecule has 0 saturated heterocycles. The molecule has 5 nitrogen and oxygen atoms in total. The summed E-state index contributed by atoms with van der Waals surface area (Å²) in [5.41, 5.74) is 5.78. The fourth-order valence-corrected chi connectivity index (χ4v) is 3.84. The van der Waals surface area contributed by atoms with Gasteiger partial charge in [-0.2, -0.15) is 0 Å². The first-order valence-corrected chi connectivity index (χ1v) is 8.48. The summed E-state index contributed by atoms with van der Waals surface area (Å²) in [7, 11) is 0. The van der Waals surface area contributed by atoms with Crippen LogP contribution in [0.3, 0.4) is 0 Å². The number of aromatic nitrogens is 1. The van der Waals surface area contributed by atoms with E-state index in [1.54, 1.807) is 11.3 Å². The molecule has 4 N–H and O–H groups in total. The van der Waals surface area contributed by atoms with E-state index < -0.39 is 0 Å². The maximum absolute atomic E-state index is 12.1. The Morgan fingerprint density at radius 3 is 2.90 bits per heavy atom. The van der Waals surface area contributed by atoms with Crippen LogP contribution in [0.1, 0.15) is 28.4 Å². The molecule has 0 aliphatic heterocycles. The van der Waals surface area contributed by atoms with Gasteiger partial charge in [0.05, 0.1) is 6.54 Å². The lowest BCUT2D eigenvalue weighted by molar-refractivity contribution is 0.0956. The van der Waals surface area contributed by atoms with E-state index in [9.17, 15) is 4.79 Å². The van der Waals surface area contributed by atoms with Crippen molar-refractivity contribution in [2.24, 2.45) is 0 Å². The quantitative estimate of drug-likeness (QED) is 0.749. The van der Waals surface area contributed by atoms with E-state index in [4.69, 9.17) is 5.73 Å². The Morgan fingerprint density at radius 2 is 2.30 bits per heavy atom. The second kappa shape index (κ2) is 6.55. The van der Waals surface area contributed by atoms with Crippen molar-refractivity contribution in [1.82, 2.24) is 10.3 Å². The van der Waals surface area contributed by atoms with E-state index >= 15 is 0 Å². The highest BCUT2D eigenvalue weighted by Gasteiger charge is 2.16. The van der Waals surface area contributed by atoms with Gasteiger partial charge in [0.1, 0.15) is 10.7 Å². The van der Waals surface area contributed by atoms with Gasteiger partial charge < -0.3 is 16.4 Å². The van der Waals surface area contributed by atoms with Crippen molar-refractivity contribution in [2.45, 2.75) is 26.4 Å². The highest BCUT2D eigenvalue weighted by Crippen LogP contribution is 2.25. The van der Waals surface area contributed by atoms with Crippen molar-refractivity contribution in [3.63, 3.8) is 0 Å². The van der Waals surface area contributed by atoms with E-state index in [2.05, 4.69) is 31.5 Å². The summed E-state index contributed by atoms with van der Waals surface area (Å²) >= 11 is 6.24. The van der Waals surface area contributed by atoms with Crippen molar-refractivity contribution in [3.05, 3.63) is 25.7 Å². The predicted molar refractivity (Wildman–Crippen MR) is 88.5 cm³/mol. The number of hydrogen-bond acceptors (Lipinski definition) is 6. The van der Waals surface area contributed by atoms with Gasteiger partial charge in [-0.1, -0.05) is 11.3 Å². The van der Waals surface area contributed by atoms with Gasteiger partial charge >= 0.3 is 0 Å². The lowest BCUT2D eigenvalue weighted by atomic mass is 10.4. The van der Waals surface area contributed by atoms with Crippen LogP contribution in [-0.2, 0) is 6.54 Å². The Morgan fingerprint density at radius 1 is 1.55 bits per heavy atom. The summed E-state index contributed by atoms with van der Waals surface area (Å²) in [4.78, 5) is 17.8. The van der Waals surface area contributed by atoms with Gasteiger partial charge in [-0.05, 0) is 35.8 Å². The molecule has 0 aromatic carbocycles. The Hall–Kier alpha value is -1.12. The minimum Gasteiger partial charge on any atom is -0.382 e.